The number of nitrogens with one attached hydrogen (secondary N) is 1. The fourth-order valence-corrected chi connectivity index (χ4v) is 2.87. The van der Waals surface area contributed by atoms with Gasteiger partial charge in [-0.3, -0.25) is 9.59 Å². The highest BCUT2D eigenvalue weighted by molar-refractivity contribution is 7.12. The first-order valence-electron chi connectivity index (χ1n) is 5.15. The molecule has 0 saturated carbocycles. The topological polar surface area (TPSA) is 75.4 Å². The molecule has 1 saturated heterocycles. The quantitative estimate of drug-likeness (QED) is 0.814. The lowest BCUT2D eigenvalue weighted by molar-refractivity contribution is -0.122. The van der Waals surface area contributed by atoms with E-state index in [9.17, 15) is 9.59 Å². The number of amides is 2. The van der Waals surface area contributed by atoms with E-state index >= 15 is 0 Å². The number of hydrogen-bond acceptors (Lipinski definition) is 4. The van der Waals surface area contributed by atoms with Crippen LogP contribution in [0.4, 0.5) is 0 Å². The molecule has 2 amide bonds. The first-order valence-corrected chi connectivity index (χ1v) is 6.41. The second kappa shape index (κ2) is 5.03. The average Bonchev–Trinajstić information content (AvgIpc) is 2.74. The van der Waals surface area contributed by atoms with Crippen LogP contribution in [-0.2, 0) is 4.79 Å². The Labute approximate surface area is 108 Å². The summed E-state index contributed by atoms with van der Waals surface area (Å²) in [6.45, 7) is 1.50. The monoisotopic (exact) mass is 273 g/mol. The molecule has 17 heavy (non-hydrogen) atoms. The van der Waals surface area contributed by atoms with Crippen LogP contribution in [0.15, 0.2) is 11.4 Å². The maximum Gasteiger partial charge on any atom is 0.266 e. The summed E-state index contributed by atoms with van der Waals surface area (Å²) in [5.74, 6) is -0.728. The third kappa shape index (κ3) is 2.43. The highest BCUT2D eigenvalue weighted by Gasteiger charge is 2.32. The lowest BCUT2D eigenvalue weighted by atomic mass is 10.1. The van der Waals surface area contributed by atoms with Gasteiger partial charge >= 0.3 is 0 Å². The molecule has 2 rings (SSSR count). The van der Waals surface area contributed by atoms with Crippen molar-refractivity contribution in [3.8, 4) is 0 Å². The third-order valence-electron chi connectivity index (χ3n) is 2.64. The summed E-state index contributed by atoms with van der Waals surface area (Å²) in [7, 11) is 0. The number of piperazine rings is 1. The van der Waals surface area contributed by atoms with Gasteiger partial charge in [-0.2, -0.15) is 0 Å². The van der Waals surface area contributed by atoms with Crippen molar-refractivity contribution in [2.24, 2.45) is 5.73 Å². The van der Waals surface area contributed by atoms with E-state index in [0.717, 1.165) is 0 Å². The van der Waals surface area contributed by atoms with Crippen molar-refractivity contribution < 1.29 is 9.59 Å². The zero-order valence-corrected chi connectivity index (χ0v) is 10.6. The van der Waals surface area contributed by atoms with Crippen LogP contribution in [0.2, 0.25) is 5.02 Å². The van der Waals surface area contributed by atoms with Crippen LogP contribution >= 0.6 is 22.9 Å². The van der Waals surface area contributed by atoms with Crippen molar-refractivity contribution in [1.82, 2.24) is 10.2 Å². The van der Waals surface area contributed by atoms with Gasteiger partial charge in [0.05, 0.1) is 5.02 Å². The van der Waals surface area contributed by atoms with E-state index in [1.54, 1.807) is 11.4 Å². The predicted molar refractivity (Wildman–Crippen MR) is 66.2 cm³/mol. The van der Waals surface area contributed by atoms with Gasteiger partial charge in [-0.15, -0.1) is 11.3 Å². The van der Waals surface area contributed by atoms with Gasteiger partial charge < -0.3 is 16.0 Å². The van der Waals surface area contributed by atoms with Crippen LogP contribution in [0.1, 0.15) is 9.67 Å². The number of thiophene rings is 1. The number of primary amides is 1. The molecule has 92 valence electrons. The van der Waals surface area contributed by atoms with E-state index in [4.69, 9.17) is 17.3 Å². The van der Waals surface area contributed by atoms with E-state index in [0.29, 0.717) is 29.5 Å². The van der Waals surface area contributed by atoms with Crippen LogP contribution in [0.5, 0.6) is 0 Å². The Morgan fingerprint density at radius 3 is 2.94 bits per heavy atom. The molecular formula is C10H12ClN3O2S. The van der Waals surface area contributed by atoms with Crippen molar-refractivity contribution in [2.75, 3.05) is 19.6 Å². The van der Waals surface area contributed by atoms with E-state index < -0.39 is 11.9 Å². The molecule has 1 aliphatic heterocycles. The highest BCUT2D eigenvalue weighted by Crippen LogP contribution is 2.24. The summed E-state index contributed by atoms with van der Waals surface area (Å²) in [4.78, 5) is 25.4. The average molecular weight is 274 g/mol. The smallest absolute Gasteiger partial charge is 0.266 e. The Bertz CT molecular complexity index is 449. The van der Waals surface area contributed by atoms with E-state index in [1.165, 1.54) is 16.2 Å². The fraction of sp³-hybridized carbons (Fsp3) is 0.400. The first-order chi connectivity index (χ1) is 8.11. The molecule has 1 aromatic heterocycles. The molecule has 3 N–H and O–H groups in total. The Hall–Kier alpha value is -1.11. The molecule has 1 aromatic rings. The summed E-state index contributed by atoms with van der Waals surface area (Å²) < 4.78 is 0. The number of nitrogens with two attached hydrogens (primary N) is 1. The van der Waals surface area contributed by atoms with Gasteiger partial charge in [0.15, 0.2) is 0 Å². The van der Waals surface area contributed by atoms with Crippen molar-refractivity contribution in [1.29, 1.82) is 0 Å². The number of carbonyl (C=O) groups is 2. The molecule has 0 spiro atoms. The molecule has 7 heteroatoms. The molecule has 1 aliphatic rings. The number of rotatable bonds is 2. The standard InChI is InChI=1S/C10H12ClN3O2S/c11-6-1-4-17-8(6)10(16)14-3-2-13-5-7(14)9(12)15/h1,4,7,13H,2-3,5H2,(H2,12,15). The van der Waals surface area contributed by atoms with Gasteiger partial charge in [-0.1, -0.05) is 11.6 Å². The van der Waals surface area contributed by atoms with Gasteiger partial charge in [0.2, 0.25) is 5.91 Å². The number of halogens is 1. The minimum atomic E-state index is -0.602. The summed E-state index contributed by atoms with van der Waals surface area (Å²) in [5.41, 5.74) is 5.28. The van der Waals surface area contributed by atoms with Crippen molar-refractivity contribution >= 4 is 34.8 Å². The third-order valence-corrected chi connectivity index (χ3v) is 3.97. The number of carbonyl (C=O) groups excluding carboxylic acids is 2. The van der Waals surface area contributed by atoms with Gasteiger partial charge in [0.1, 0.15) is 10.9 Å². The Morgan fingerprint density at radius 2 is 2.35 bits per heavy atom. The second-order valence-electron chi connectivity index (χ2n) is 3.72. The van der Waals surface area contributed by atoms with E-state index in [2.05, 4.69) is 5.32 Å². The zero-order valence-electron chi connectivity index (χ0n) is 8.98. The molecule has 0 aliphatic carbocycles. The highest BCUT2D eigenvalue weighted by atomic mass is 35.5. The molecular weight excluding hydrogens is 262 g/mol. The molecule has 1 atom stereocenters. The summed E-state index contributed by atoms with van der Waals surface area (Å²) in [5, 5.41) is 5.20. The van der Waals surface area contributed by atoms with Gasteiger partial charge in [-0.05, 0) is 11.4 Å². The molecule has 1 fully saturated rings. The lowest BCUT2D eigenvalue weighted by Gasteiger charge is -2.33. The first kappa shape index (κ1) is 12.3. The minimum Gasteiger partial charge on any atom is -0.368 e. The predicted octanol–water partition coefficient (Wildman–Crippen LogP) is 0.301. The van der Waals surface area contributed by atoms with Gasteiger partial charge in [0.25, 0.3) is 5.91 Å². The van der Waals surface area contributed by atoms with E-state index in [-0.39, 0.29) is 5.91 Å². The van der Waals surface area contributed by atoms with Crippen LogP contribution in [-0.4, -0.2) is 42.4 Å². The number of nitrogens with zero attached hydrogens (tertiary/aromatic N) is 1. The van der Waals surface area contributed by atoms with Crippen molar-refractivity contribution in [2.45, 2.75) is 6.04 Å². The summed E-state index contributed by atoms with van der Waals surface area (Å²) in [6, 6.07) is 1.07. The summed E-state index contributed by atoms with van der Waals surface area (Å²) in [6.07, 6.45) is 0. The summed E-state index contributed by atoms with van der Waals surface area (Å²) >= 11 is 7.18. The Balaban J connectivity index is 2.23. The molecule has 5 nitrogen and oxygen atoms in total. The zero-order chi connectivity index (χ0) is 12.4. The van der Waals surface area contributed by atoms with Gasteiger partial charge in [-0.25, -0.2) is 0 Å². The Morgan fingerprint density at radius 1 is 1.59 bits per heavy atom. The normalized spacial score (nSPS) is 20.3. The maximum atomic E-state index is 12.2. The molecule has 2 heterocycles. The van der Waals surface area contributed by atoms with Crippen LogP contribution in [0, 0.1) is 0 Å². The van der Waals surface area contributed by atoms with Crippen molar-refractivity contribution in [3.05, 3.63) is 21.3 Å². The Kier molecular flexibility index (Phi) is 3.66. The number of hydrogen-bond donors (Lipinski definition) is 2. The van der Waals surface area contributed by atoms with Crippen LogP contribution in [0.25, 0.3) is 0 Å². The second-order valence-corrected chi connectivity index (χ2v) is 5.04. The molecule has 0 bridgehead atoms. The fourth-order valence-electron chi connectivity index (χ4n) is 1.78. The molecule has 0 radical (unpaired) electrons. The maximum absolute atomic E-state index is 12.2. The largest absolute Gasteiger partial charge is 0.368 e. The van der Waals surface area contributed by atoms with Crippen LogP contribution < -0.4 is 11.1 Å². The van der Waals surface area contributed by atoms with Crippen LogP contribution in [0.3, 0.4) is 0 Å². The van der Waals surface area contributed by atoms with Crippen molar-refractivity contribution in [3.63, 3.8) is 0 Å². The van der Waals surface area contributed by atoms with E-state index in [1.807, 2.05) is 0 Å². The SMILES string of the molecule is NC(=O)C1CNCCN1C(=O)c1sccc1Cl. The minimum absolute atomic E-state index is 0.227. The van der Waals surface area contributed by atoms with Gasteiger partial charge in [0, 0.05) is 19.6 Å². The lowest BCUT2D eigenvalue weighted by Crippen LogP contribution is -2.58. The molecule has 1 unspecified atom stereocenters. The molecule has 0 aromatic carbocycles.